The van der Waals surface area contributed by atoms with E-state index in [2.05, 4.69) is 5.16 Å². The Morgan fingerprint density at radius 2 is 2.11 bits per heavy atom. The van der Waals surface area contributed by atoms with Crippen molar-refractivity contribution in [1.29, 1.82) is 0 Å². The van der Waals surface area contributed by atoms with Crippen molar-refractivity contribution in [2.24, 2.45) is 5.92 Å². The number of benzene rings is 1. The van der Waals surface area contributed by atoms with Gasteiger partial charge in [0.05, 0.1) is 16.3 Å². The molecule has 3 rings (SSSR count). The third kappa shape index (κ3) is 2.20. The number of nitrogens with zero attached hydrogens (tertiary/aromatic N) is 1. The molecule has 1 aromatic carbocycles. The number of nitrogen functional groups attached to an aromatic ring is 1. The molecule has 1 heterocycles. The molecule has 94 valence electrons. The Balaban J connectivity index is 2.06. The summed E-state index contributed by atoms with van der Waals surface area (Å²) >= 11 is 12.1. The zero-order valence-corrected chi connectivity index (χ0v) is 11.1. The van der Waals surface area contributed by atoms with Gasteiger partial charge in [-0.1, -0.05) is 34.4 Å². The smallest absolute Gasteiger partial charge is 0.230 e. The minimum Gasteiger partial charge on any atom is -0.367 e. The lowest BCUT2D eigenvalue weighted by Gasteiger charge is -2.05. The molecule has 0 saturated heterocycles. The third-order valence-electron chi connectivity index (χ3n) is 3.17. The first-order chi connectivity index (χ1) is 8.65. The van der Waals surface area contributed by atoms with Crippen LogP contribution in [-0.2, 0) is 6.42 Å². The highest BCUT2D eigenvalue weighted by molar-refractivity contribution is 6.36. The number of anilines is 1. The summed E-state index contributed by atoms with van der Waals surface area (Å²) in [4.78, 5) is 0. The monoisotopic (exact) mass is 282 g/mol. The Bertz CT molecular complexity index is 591. The van der Waals surface area contributed by atoms with Gasteiger partial charge >= 0.3 is 0 Å². The molecule has 0 unspecified atom stereocenters. The van der Waals surface area contributed by atoms with Crippen LogP contribution in [-0.4, -0.2) is 5.16 Å². The summed E-state index contributed by atoms with van der Waals surface area (Å²) in [5.74, 6) is 1.02. The van der Waals surface area contributed by atoms with Gasteiger partial charge in [-0.15, -0.1) is 0 Å². The van der Waals surface area contributed by atoms with Crippen LogP contribution in [0.1, 0.15) is 18.5 Å². The van der Waals surface area contributed by atoms with Gasteiger partial charge in [0, 0.05) is 10.6 Å². The minimum atomic E-state index is 0.315. The molecule has 2 aromatic rings. The van der Waals surface area contributed by atoms with Crippen LogP contribution in [0.5, 0.6) is 0 Å². The SMILES string of the molecule is Nc1onc(CC2CC2)c1-c1ccc(Cl)cc1Cl. The Morgan fingerprint density at radius 3 is 2.78 bits per heavy atom. The molecule has 0 aliphatic heterocycles. The second-order valence-electron chi connectivity index (χ2n) is 4.64. The topological polar surface area (TPSA) is 52.0 Å². The van der Waals surface area contributed by atoms with Crippen molar-refractivity contribution in [3.63, 3.8) is 0 Å². The molecule has 1 aliphatic rings. The summed E-state index contributed by atoms with van der Waals surface area (Å²) in [7, 11) is 0. The van der Waals surface area contributed by atoms with Crippen LogP contribution < -0.4 is 5.73 Å². The summed E-state index contributed by atoms with van der Waals surface area (Å²) in [5.41, 5.74) is 8.38. The molecule has 3 nitrogen and oxygen atoms in total. The minimum absolute atomic E-state index is 0.315. The lowest BCUT2D eigenvalue weighted by Crippen LogP contribution is -1.93. The van der Waals surface area contributed by atoms with E-state index in [1.807, 2.05) is 6.07 Å². The Morgan fingerprint density at radius 1 is 1.33 bits per heavy atom. The molecule has 0 bridgehead atoms. The van der Waals surface area contributed by atoms with Crippen molar-refractivity contribution >= 4 is 29.1 Å². The van der Waals surface area contributed by atoms with Crippen LogP contribution in [0, 0.1) is 5.92 Å². The highest BCUT2D eigenvalue weighted by atomic mass is 35.5. The molecule has 0 spiro atoms. The molecule has 1 saturated carbocycles. The van der Waals surface area contributed by atoms with E-state index in [1.165, 1.54) is 12.8 Å². The maximum absolute atomic E-state index is 6.21. The van der Waals surface area contributed by atoms with Crippen LogP contribution in [0.15, 0.2) is 22.7 Å². The van der Waals surface area contributed by atoms with Crippen molar-refractivity contribution in [3.05, 3.63) is 33.9 Å². The van der Waals surface area contributed by atoms with Crippen molar-refractivity contribution in [3.8, 4) is 11.1 Å². The van der Waals surface area contributed by atoms with Gasteiger partial charge in [-0.05, 0) is 37.3 Å². The van der Waals surface area contributed by atoms with Crippen molar-refractivity contribution < 1.29 is 4.52 Å². The molecule has 0 amide bonds. The van der Waals surface area contributed by atoms with Crippen molar-refractivity contribution in [2.75, 3.05) is 5.73 Å². The number of aromatic nitrogens is 1. The van der Waals surface area contributed by atoms with E-state index < -0.39 is 0 Å². The maximum atomic E-state index is 6.21. The average Bonchev–Trinajstić information content (AvgIpc) is 3.06. The molecule has 1 aliphatic carbocycles. The first-order valence-corrected chi connectivity index (χ1v) is 6.60. The van der Waals surface area contributed by atoms with Gasteiger partial charge in [0.25, 0.3) is 0 Å². The Kier molecular flexibility index (Phi) is 2.96. The fraction of sp³-hybridized carbons (Fsp3) is 0.308. The molecular weight excluding hydrogens is 271 g/mol. The van der Waals surface area contributed by atoms with E-state index in [4.69, 9.17) is 33.5 Å². The van der Waals surface area contributed by atoms with E-state index in [1.54, 1.807) is 12.1 Å². The van der Waals surface area contributed by atoms with E-state index in [-0.39, 0.29) is 0 Å². The molecule has 18 heavy (non-hydrogen) atoms. The zero-order chi connectivity index (χ0) is 12.7. The van der Waals surface area contributed by atoms with Gasteiger partial charge in [-0.3, -0.25) is 0 Å². The van der Waals surface area contributed by atoms with Crippen LogP contribution in [0.25, 0.3) is 11.1 Å². The largest absolute Gasteiger partial charge is 0.367 e. The summed E-state index contributed by atoms with van der Waals surface area (Å²) in [6, 6.07) is 5.34. The third-order valence-corrected chi connectivity index (χ3v) is 3.72. The first kappa shape index (κ1) is 11.9. The number of nitrogens with two attached hydrogens (primary N) is 1. The molecule has 1 aromatic heterocycles. The lowest BCUT2D eigenvalue weighted by atomic mass is 10.0. The van der Waals surface area contributed by atoms with E-state index in [9.17, 15) is 0 Å². The second-order valence-corrected chi connectivity index (χ2v) is 5.48. The summed E-state index contributed by atoms with van der Waals surface area (Å²) in [5, 5.41) is 5.21. The Labute approximate surface area is 115 Å². The highest BCUT2D eigenvalue weighted by Crippen LogP contribution is 2.40. The van der Waals surface area contributed by atoms with Gasteiger partial charge in [-0.2, -0.15) is 0 Å². The molecule has 2 N–H and O–H groups in total. The zero-order valence-electron chi connectivity index (χ0n) is 9.62. The van der Waals surface area contributed by atoms with E-state index in [0.29, 0.717) is 21.8 Å². The molecule has 1 fully saturated rings. The fourth-order valence-corrected chi connectivity index (χ4v) is 2.56. The van der Waals surface area contributed by atoms with Gasteiger partial charge in [-0.25, -0.2) is 0 Å². The summed E-state index contributed by atoms with van der Waals surface area (Å²) in [6.45, 7) is 0. The van der Waals surface area contributed by atoms with Crippen LogP contribution in [0.2, 0.25) is 10.0 Å². The van der Waals surface area contributed by atoms with Gasteiger partial charge < -0.3 is 10.3 Å². The lowest BCUT2D eigenvalue weighted by molar-refractivity contribution is 0.426. The normalized spacial score (nSPS) is 15.0. The number of hydrogen-bond acceptors (Lipinski definition) is 3. The maximum Gasteiger partial charge on any atom is 0.230 e. The van der Waals surface area contributed by atoms with Crippen LogP contribution in [0.4, 0.5) is 5.88 Å². The fourth-order valence-electron chi connectivity index (χ4n) is 2.05. The second kappa shape index (κ2) is 4.48. The molecule has 5 heteroatoms. The number of rotatable bonds is 3. The van der Waals surface area contributed by atoms with Crippen LogP contribution >= 0.6 is 23.2 Å². The van der Waals surface area contributed by atoms with Crippen molar-refractivity contribution in [1.82, 2.24) is 5.16 Å². The standard InChI is InChI=1S/C13H12Cl2N2O/c14-8-3-4-9(10(15)6-8)12-11(5-7-1-2-7)17-18-13(12)16/h3-4,6-7H,1-2,5,16H2. The Hall–Kier alpha value is -1.19. The quantitative estimate of drug-likeness (QED) is 0.919. The summed E-state index contributed by atoms with van der Waals surface area (Å²) < 4.78 is 5.10. The number of halogens is 2. The average molecular weight is 283 g/mol. The van der Waals surface area contributed by atoms with E-state index >= 15 is 0 Å². The van der Waals surface area contributed by atoms with Gasteiger partial charge in [0.15, 0.2) is 0 Å². The molecule has 0 atom stereocenters. The molecule has 0 radical (unpaired) electrons. The molecular formula is C13H12Cl2N2O. The first-order valence-electron chi connectivity index (χ1n) is 5.84. The van der Waals surface area contributed by atoms with Gasteiger partial charge in [0.2, 0.25) is 5.88 Å². The van der Waals surface area contributed by atoms with E-state index in [0.717, 1.165) is 23.2 Å². The van der Waals surface area contributed by atoms with Crippen LogP contribution in [0.3, 0.4) is 0 Å². The van der Waals surface area contributed by atoms with Gasteiger partial charge in [0.1, 0.15) is 0 Å². The predicted octanol–water partition coefficient (Wildman–Crippen LogP) is 4.18. The van der Waals surface area contributed by atoms with Crippen molar-refractivity contribution in [2.45, 2.75) is 19.3 Å². The number of hydrogen-bond donors (Lipinski definition) is 1. The highest BCUT2D eigenvalue weighted by Gasteiger charge is 2.27. The predicted molar refractivity (Wildman–Crippen MR) is 72.8 cm³/mol. The summed E-state index contributed by atoms with van der Waals surface area (Å²) in [6.07, 6.45) is 3.40.